The molecule has 3 nitrogen and oxygen atoms in total. The highest BCUT2D eigenvalue weighted by Crippen LogP contribution is 2.10. The highest BCUT2D eigenvalue weighted by atomic mass is 32.1. The highest BCUT2D eigenvalue weighted by Gasteiger charge is 2.11. The van der Waals surface area contributed by atoms with Crippen LogP contribution in [0.3, 0.4) is 0 Å². The van der Waals surface area contributed by atoms with E-state index in [1.807, 2.05) is 26.8 Å². The molecule has 1 atom stereocenters. The van der Waals surface area contributed by atoms with E-state index in [4.69, 9.17) is 18.0 Å². The molecule has 82 valence electrons. The average Bonchev–Trinajstić information content (AvgIpc) is 2.16. The molecule has 0 aromatic carbocycles. The summed E-state index contributed by atoms with van der Waals surface area (Å²) in [5.41, 5.74) is 6.77. The Kier molecular flexibility index (Phi) is 3.63. The Morgan fingerprint density at radius 3 is 2.67 bits per heavy atom. The number of hydrogen-bond donors (Lipinski definition) is 1. The molecular weight excluding hydrogens is 208 g/mol. The smallest absolute Gasteiger partial charge is 0.261 e. The lowest BCUT2D eigenvalue weighted by Crippen LogP contribution is -2.31. The van der Waals surface area contributed by atoms with Crippen LogP contribution in [0.2, 0.25) is 0 Å². The van der Waals surface area contributed by atoms with Crippen molar-refractivity contribution in [3.63, 3.8) is 0 Å². The van der Waals surface area contributed by atoms with Crippen LogP contribution in [-0.2, 0) is 0 Å². The van der Waals surface area contributed by atoms with E-state index in [9.17, 15) is 4.79 Å². The highest BCUT2D eigenvalue weighted by molar-refractivity contribution is 7.80. The lowest BCUT2D eigenvalue weighted by Gasteiger charge is -2.17. The molecule has 0 bridgehead atoms. The predicted molar refractivity (Wildman–Crippen MR) is 66.3 cm³/mol. The molecule has 1 heterocycles. The molecule has 0 fully saturated rings. The van der Waals surface area contributed by atoms with E-state index in [1.165, 1.54) is 0 Å². The van der Waals surface area contributed by atoms with Gasteiger partial charge in [0.2, 0.25) is 0 Å². The minimum absolute atomic E-state index is 0.0862. The van der Waals surface area contributed by atoms with Gasteiger partial charge in [-0.2, -0.15) is 0 Å². The largest absolute Gasteiger partial charge is 0.389 e. The van der Waals surface area contributed by atoms with Crippen molar-refractivity contribution in [1.29, 1.82) is 0 Å². The Labute approximate surface area is 94.9 Å². The van der Waals surface area contributed by atoms with Crippen molar-refractivity contribution in [2.24, 2.45) is 5.73 Å². The van der Waals surface area contributed by atoms with Crippen LogP contribution in [0.4, 0.5) is 0 Å². The Balaban J connectivity index is 3.44. The summed E-state index contributed by atoms with van der Waals surface area (Å²) in [4.78, 5) is 12.2. The van der Waals surface area contributed by atoms with E-state index in [1.54, 1.807) is 10.6 Å². The third kappa shape index (κ3) is 2.26. The van der Waals surface area contributed by atoms with E-state index < -0.39 is 0 Å². The molecule has 0 aliphatic heterocycles. The molecule has 0 radical (unpaired) electrons. The third-order valence-electron chi connectivity index (χ3n) is 2.62. The summed E-state index contributed by atoms with van der Waals surface area (Å²) in [5.74, 6) is 0. The van der Waals surface area contributed by atoms with Gasteiger partial charge in [0.05, 0.1) is 5.56 Å². The fraction of sp³-hybridized carbons (Fsp3) is 0.455. The minimum atomic E-state index is -0.0862. The number of hydrogen-bond acceptors (Lipinski definition) is 2. The van der Waals surface area contributed by atoms with Gasteiger partial charge in [0, 0.05) is 11.7 Å². The fourth-order valence-corrected chi connectivity index (χ4v) is 1.72. The van der Waals surface area contributed by atoms with Crippen molar-refractivity contribution in [3.05, 3.63) is 33.7 Å². The molecule has 2 N–H and O–H groups in total. The molecule has 1 aromatic rings. The summed E-state index contributed by atoms with van der Waals surface area (Å²) in [6.07, 6.45) is 0.904. The second-order valence-corrected chi connectivity index (χ2v) is 4.12. The van der Waals surface area contributed by atoms with Gasteiger partial charge in [-0.05, 0) is 32.4 Å². The van der Waals surface area contributed by atoms with Crippen LogP contribution in [0.25, 0.3) is 0 Å². The van der Waals surface area contributed by atoms with Gasteiger partial charge in [-0.15, -0.1) is 0 Å². The van der Waals surface area contributed by atoms with Crippen LogP contribution >= 0.6 is 12.2 Å². The number of aromatic nitrogens is 1. The fourth-order valence-electron chi connectivity index (χ4n) is 1.56. The van der Waals surface area contributed by atoms with Crippen molar-refractivity contribution in [3.8, 4) is 0 Å². The first-order chi connectivity index (χ1) is 6.99. The van der Waals surface area contributed by atoms with Crippen molar-refractivity contribution >= 4 is 17.2 Å². The average molecular weight is 224 g/mol. The minimum Gasteiger partial charge on any atom is -0.389 e. The van der Waals surface area contributed by atoms with Crippen molar-refractivity contribution < 1.29 is 0 Å². The SMILES string of the molecule is CCC(C)n1c(C)ccc(C(N)=S)c1=O. The van der Waals surface area contributed by atoms with E-state index in [2.05, 4.69) is 0 Å². The van der Waals surface area contributed by atoms with Crippen LogP contribution in [0.1, 0.15) is 37.6 Å². The van der Waals surface area contributed by atoms with Gasteiger partial charge in [0.25, 0.3) is 5.56 Å². The summed E-state index contributed by atoms with van der Waals surface area (Å²) < 4.78 is 1.74. The van der Waals surface area contributed by atoms with Gasteiger partial charge in [0.1, 0.15) is 4.99 Å². The summed E-state index contributed by atoms with van der Waals surface area (Å²) in [5, 5.41) is 0. The van der Waals surface area contributed by atoms with Crippen LogP contribution in [-0.4, -0.2) is 9.56 Å². The number of rotatable bonds is 3. The van der Waals surface area contributed by atoms with E-state index >= 15 is 0 Å². The lowest BCUT2D eigenvalue weighted by molar-refractivity contribution is 0.502. The van der Waals surface area contributed by atoms with Gasteiger partial charge in [0.15, 0.2) is 0 Å². The van der Waals surface area contributed by atoms with E-state index in [0.29, 0.717) is 5.56 Å². The first-order valence-corrected chi connectivity index (χ1v) is 5.41. The zero-order valence-corrected chi connectivity index (χ0v) is 10.1. The number of pyridine rings is 1. The quantitative estimate of drug-likeness (QED) is 0.796. The van der Waals surface area contributed by atoms with Crippen LogP contribution in [0.5, 0.6) is 0 Å². The van der Waals surface area contributed by atoms with Crippen molar-refractivity contribution in [1.82, 2.24) is 4.57 Å². The summed E-state index contributed by atoms with van der Waals surface area (Å²) in [6, 6.07) is 3.74. The second-order valence-electron chi connectivity index (χ2n) is 3.69. The molecule has 15 heavy (non-hydrogen) atoms. The maximum atomic E-state index is 12.0. The Morgan fingerprint density at radius 2 is 2.20 bits per heavy atom. The Hall–Kier alpha value is -1.16. The van der Waals surface area contributed by atoms with Gasteiger partial charge < -0.3 is 10.3 Å². The van der Waals surface area contributed by atoms with Gasteiger partial charge in [-0.25, -0.2) is 0 Å². The van der Waals surface area contributed by atoms with Crippen LogP contribution < -0.4 is 11.3 Å². The standard InChI is InChI=1S/C11H16N2OS/c1-4-7(2)13-8(3)5-6-9(10(12)15)11(13)14/h5-7H,4H2,1-3H3,(H2,12,15). The number of nitrogens with two attached hydrogens (primary N) is 1. The summed E-state index contributed by atoms with van der Waals surface area (Å²) in [6.45, 7) is 5.97. The molecule has 0 amide bonds. The topological polar surface area (TPSA) is 48.0 Å². The summed E-state index contributed by atoms with van der Waals surface area (Å²) >= 11 is 4.84. The molecule has 0 saturated heterocycles. The molecule has 0 aliphatic carbocycles. The van der Waals surface area contributed by atoms with Crippen LogP contribution in [0, 0.1) is 6.92 Å². The molecule has 1 rings (SSSR count). The molecular formula is C11H16N2OS. The lowest BCUT2D eigenvalue weighted by atomic mass is 10.2. The van der Waals surface area contributed by atoms with E-state index in [-0.39, 0.29) is 16.6 Å². The Bertz CT molecular complexity index is 437. The Morgan fingerprint density at radius 1 is 1.60 bits per heavy atom. The zero-order chi connectivity index (χ0) is 11.6. The molecule has 1 unspecified atom stereocenters. The molecule has 0 aliphatic rings. The number of nitrogens with zero attached hydrogens (tertiary/aromatic N) is 1. The molecule has 1 aromatic heterocycles. The maximum Gasteiger partial charge on any atom is 0.261 e. The first-order valence-electron chi connectivity index (χ1n) is 5.01. The molecule has 4 heteroatoms. The number of aryl methyl sites for hydroxylation is 1. The van der Waals surface area contributed by atoms with Crippen LogP contribution in [0.15, 0.2) is 16.9 Å². The first kappa shape index (κ1) is 11.9. The third-order valence-corrected chi connectivity index (χ3v) is 2.84. The van der Waals surface area contributed by atoms with Crippen molar-refractivity contribution in [2.45, 2.75) is 33.2 Å². The van der Waals surface area contributed by atoms with Gasteiger partial charge >= 0.3 is 0 Å². The molecule has 0 saturated carbocycles. The predicted octanol–water partition coefficient (Wildman–Crippen LogP) is 1.76. The summed E-state index contributed by atoms with van der Waals surface area (Å²) in [7, 11) is 0. The molecule has 0 spiro atoms. The monoisotopic (exact) mass is 224 g/mol. The number of thiocarbonyl (C=S) groups is 1. The second kappa shape index (κ2) is 4.57. The zero-order valence-electron chi connectivity index (χ0n) is 9.28. The van der Waals surface area contributed by atoms with Crippen molar-refractivity contribution in [2.75, 3.05) is 0 Å². The van der Waals surface area contributed by atoms with Gasteiger partial charge in [-0.3, -0.25) is 4.79 Å². The van der Waals surface area contributed by atoms with Gasteiger partial charge in [-0.1, -0.05) is 19.1 Å². The maximum absolute atomic E-state index is 12.0. The van der Waals surface area contributed by atoms with E-state index in [0.717, 1.165) is 12.1 Å². The normalized spacial score (nSPS) is 12.5.